The maximum absolute atomic E-state index is 12.7. The van der Waals surface area contributed by atoms with E-state index in [0.29, 0.717) is 18.7 Å². The zero-order chi connectivity index (χ0) is 19.7. The summed E-state index contributed by atoms with van der Waals surface area (Å²) in [6.45, 7) is 2.02. The molecule has 1 unspecified atom stereocenters. The first-order valence-electron chi connectivity index (χ1n) is 9.32. The highest BCUT2D eigenvalue weighted by atomic mass is 16.2. The van der Waals surface area contributed by atoms with Crippen molar-refractivity contribution < 1.29 is 9.59 Å². The Morgan fingerprint density at radius 2 is 2.11 bits per heavy atom. The largest absolute Gasteiger partial charge is 0.361 e. The van der Waals surface area contributed by atoms with E-state index in [1.165, 1.54) is 0 Å². The maximum Gasteiger partial charge on any atom is 0.246 e. The van der Waals surface area contributed by atoms with Crippen LogP contribution in [0.2, 0.25) is 0 Å². The summed E-state index contributed by atoms with van der Waals surface area (Å²) in [5.41, 5.74) is 3.99. The highest BCUT2D eigenvalue weighted by Crippen LogP contribution is 2.27. The molecule has 3 aromatic rings. The van der Waals surface area contributed by atoms with Gasteiger partial charge in [0.05, 0.1) is 6.04 Å². The number of carbonyl (C=O) groups is 2. The predicted octanol–water partition coefficient (Wildman–Crippen LogP) is 3.68. The fraction of sp³-hybridized carbons (Fsp3) is 0.227. The molecule has 3 heterocycles. The number of H-pyrrole nitrogens is 1. The van der Waals surface area contributed by atoms with Crippen molar-refractivity contribution in [1.29, 1.82) is 0 Å². The van der Waals surface area contributed by atoms with Gasteiger partial charge in [0.1, 0.15) is 5.82 Å². The Morgan fingerprint density at radius 1 is 1.29 bits per heavy atom. The summed E-state index contributed by atoms with van der Waals surface area (Å²) in [6.07, 6.45) is 8.09. The monoisotopic (exact) mass is 374 g/mol. The second kappa shape index (κ2) is 7.31. The number of aromatic amines is 1. The Balaban J connectivity index is 1.49. The average Bonchev–Trinajstić information content (AvgIpc) is 3.15. The quantitative estimate of drug-likeness (QED) is 0.684. The fourth-order valence-electron chi connectivity index (χ4n) is 3.49. The van der Waals surface area contributed by atoms with Gasteiger partial charge in [0.2, 0.25) is 11.8 Å². The van der Waals surface area contributed by atoms with Gasteiger partial charge in [-0.15, -0.1) is 0 Å². The molecule has 0 bridgehead atoms. The number of aromatic nitrogens is 2. The first-order chi connectivity index (χ1) is 13.5. The van der Waals surface area contributed by atoms with E-state index in [9.17, 15) is 9.59 Å². The van der Waals surface area contributed by atoms with Crippen LogP contribution in [-0.2, 0) is 16.0 Å². The van der Waals surface area contributed by atoms with Gasteiger partial charge >= 0.3 is 0 Å². The lowest BCUT2D eigenvalue weighted by atomic mass is 10.0. The van der Waals surface area contributed by atoms with Crippen molar-refractivity contribution in [2.45, 2.75) is 25.8 Å². The van der Waals surface area contributed by atoms with Crippen molar-refractivity contribution in [3.63, 3.8) is 0 Å². The molecule has 4 rings (SSSR count). The summed E-state index contributed by atoms with van der Waals surface area (Å²) < 4.78 is 0. The average molecular weight is 374 g/mol. The summed E-state index contributed by atoms with van der Waals surface area (Å²) in [5, 5.41) is 3.89. The number of likely N-dealkylation sites (N-methyl/N-ethyl adjacent to an activating group) is 1. The van der Waals surface area contributed by atoms with Gasteiger partial charge < -0.3 is 15.2 Å². The Morgan fingerprint density at radius 3 is 2.96 bits per heavy atom. The number of anilines is 1. The molecule has 1 aromatic carbocycles. The minimum absolute atomic E-state index is 0.00800. The Hall–Kier alpha value is -3.41. The van der Waals surface area contributed by atoms with Gasteiger partial charge in [-0.1, -0.05) is 18.2 Å². The van der Waals surface area contributed by atoms with Crippen LogP contribution >= 0.6 is 0 Å². The molecule has 0 aliphatic carbocycles. The number of hydrogen-bond acceptors (Lipinski definition) is 3. The molecule has 1 atom stereocenters. The molecule has 2 N–H and O–H groups in total. The zero-order valence-electron chi connectivity index (χ0n) is 15.9. The number of amides is 2. The van der Waals surface area contributed by atoms with Crippen LogP contribution < -0.4 is 5.32 Å². The molecule has 1 aliphatic heterocycles. The second-order valence-corrected chi connectivity index (χ2v) is 7.07. The van der Waals surface area contributed by atoms with Crippen molar-refractivity contribution in [3.05, 3.63) is 65.5 Å². The molecule has 0 spiro atoms. The molecule has 1 aliphatic rings. The Bertz CT molecular complexity index is 1080. The van der Waals surface area contributed by atoms with Crippen LogP contribution in [0.3, 0.4) is 0 Å². The summed E-state index contributed by atoms with van der Waals surface area (Å²) in [4.78, 5) is 33.4. The third-order valence-corrected chi connectivity index (χ3v) is 5.29. The van der Waals surface area contributed by atoms with Crippen LogP contribution in [0.4, 0.5) is 5.82 Å². The normalized spacial score (nSPS) is 14.7. The summed E-state index contributed by atoms with van der Waals surface area (Å²) in [6, 6.07) is 9.98. The van der Waals surface area contributed by atoms with Crippen LogP contribution in [0.5, 0.6) is 0 Å². The molecular formula is C22H22N4O2. The summed E-state index contributed by atoms with van der Waals surface area (Å²) in [5.74, 6) is 0.528. The molecule has 6 nitrogen and oxygen atoms in total. The van der Waals surface area contributed by atoms with E-state index in [1.807, 2.05) is 37.4 Å². The molecular weight excluding hydrogens is 352 g/mol. The topological polar surface area (TPSA) is 78.1 Å². The van der Waals surface area contributed by atoms with Crippen LogP contribution in [0.25, 0.3) is 17.0 Å². The third-order valence-electron chi connectivity index (χ3n) is 5.29. The summed E-state index contributed by atoms with van der Waals surface area (Å²) >= 11 is 0. The molecule has 28 heavy (non-hydrogen) atoms. The lowest BCUT2D eigenvalue weighted by Gasteiger charge is -2.23. The summed E-state index contributed by atoms with van der Waals surface area (Å²) in [7, 11) is 1.81. The van der Waals surface area contributed by atoms with Gasteiger partial charge in [-0.3, -0.25) is 9.59 Å². The van der Waals surface area contributed by atoms with Gasteiger partial charge in [0, 0.05) is 42.8 Å². The maximum atomic E-state index is 12.7. The Kier molecular flexibility index (Phi) is 4.69. The first-order valence-corrected chi connectivity index (χ1v) is 9.32. The van der Waals surface area contributed by atoms with E-state index in [1.54, 1.807) is 30.3 Å². The number of aryl methyl sites for hydroxylation is 1. The first kappa shape index (κ1) is 18.0. The molecule has 6 heteroatoms. The number of fused-ring (bicyclic) bond motifs is 2. The van der Waals surface area contributed by atoms with Crippen molar-refractivity contribution >= 4 is 34.6 Å². The van der Waals surface area contributed by atoms with E-state index in [2.05, 4.69) is 21.4 Å². The number of rotatable bonds is 4. The van der Waals surface area contributed by atoms with Gasteiger partial charge in [-0.2, -0.15) is 0 Å². The standard InChI is InChI=1S/C22H22N4O2/c1-14(18-13-23-19-6-4-3-5-17(18)19)26(2)21(28)10-7-15-11-16-8-9-20(27)25-22(16)24-12-15/h3-7,10-14,23H,8-9H2,1-2H3,(H,24,25,27). The molecule has 0 saturated heterocycles. The molecule has 0 radical (unpaired) electrons. The van der Waals surface area contributed by atoms with E-state index < -0.39 is 0 Å². The highest BCUT2D eigenvalue weighted by molar-refractivity contribution is 5.94. The highest BCUT2D eigenvalue weighted by Gasteiger charge is 2.19. The van der Waals surface area contributed by atoms with Gasteiger partial charge in [0.15, 0.2) is 0 Å². The van der Waals surface area contributed by atoms with Crippen molar-refractivity contribution in [2.24, 2.45) is 0 Å². The van der Waals surface area contributed by atoms with Crippen molar-refractivity contribution in [1.82, 2.24) is 14.9 Å². The van der Waals surface area contributed by atoms with Crippen LogP contribution in [0, 0.1) is 0 Å². The fourth-order valence-corrected chi connectivity index (χ4v) is 3.49. The van der Waals surface area contributed by atoms with Gasteiger partial charge in [0.25, 0.3) is 0 Å². The zero-order valence-corrected chi connectivity index (χ0v) is 15.9. The third kappa shape index (κ3) is 3.41. The van der Waals surface area contributed by atoms with Crippen LogP contribution in [-0.4, -0.2) is 33.7 Å². The van der Waals surface area contributed by atoms with Gasteiger partial charge in [-0.05, 0) is 48.2 Å². The molecule has 142 valence electrons. The Labute approximate surface area is 163 Å². The number of hydrogen-bond donors (Lipinski definition) is 2. The number of carbonyl (C=O) groups excluding carboxylic acids is 2. The van der Waals surface area contributed by atoms with E-state index >= 15 is 0 Å². The van der Waals surface area contributed by atoms with E-state index in [-0.39, 0.29) is 17.9 Å². The van der Waals surface area contributed by atoms with Gasteiger partial charge in [-0.25, -0.2) is 4.98 Å². The lowest BCUT2D eigenvalue weighted by molar-refractivity contribution is -0.126. The minimum atomic E-state index is -0.0798. The molecule has 2 amide bonds. The molecule has 0 fully saturated rings. The predicted molar refractivity (Wildman–Crippen MR) is 110 cm³/mol. The lowest BCUT2D eigenvalue weighted by Crippen LogP contribution is -2.27. The van der Waals surface area contributed by atoms with Crippen LogP contribution in [0.15, 0.2) is 48.8 Å². The number of para-hydroxylation sites is 1. The number of benzene rings is 1. The SMILES string of the molecule is CC(c1c[nH]c2ccccc12)N(C)C(=O)C=Cc1cnc2c(c1)CCC(=O)N2. The number of nitrogens with zero attached hydrogens (tertiary/aromatic N) is 2. The van der Waals surface area contributed by atoms with Crippen LogP contribution in [0.1, 0.15) is 36.1 Å². The van der Waals surface area contributed by atoms with Crippen molar-refractivity contribution in [3.8, 4) is 0 Å². The van der Waals surface area contributed by atoms with Crippen molar-refractivity contribution in [2.75, 3.05) is 12.4 Å². The number of pyridine rings is 1. The minimum Gasteiger partial charge on any atom is -0.361 e. The number of nitrogens with one attached hydrogen (secondary N) is 2. The van der Waals surface area contributed by atoms with E-state index in [4.69, 9.17) is 0 Å². The molecule has 0 saturated carbocycles. The molecule has 2 aromatic heterocycles. The van der Waals surface area contributed by atoms with E-state index in [0.717, 1.165) is 27.6 Å². The second-order valence-electron chi connectivity index (χ2n) is 7.07. The smallest absolute Gasteiger partial charge is 0.246 e.